The number of aromatic nitrogens is 1. The standard InChI is InChI=1S/C9H16N2O2/c1-3-8(12)5-10-6-9-4-7(2)11-13-9/h4,8,10,12H,3,5-6H2,1-2H3. The molecular formula is C9H16N2O2. The van der Waals surface area contributed by atoms with Crippen molar-refractivity contribution in [3.63, 3.8) is 0 Å². The van der Waals surface area contributed by atoms with E-state index < -0.39 is 0 Å². The van der Waals surface area contributed by atoms with Gasteiger partial charge in [-0.2, -0.15) is 0 Å². The summed E-state index contributed by atoms with van der Waals surface area (Å²) >= 11 is 0. The SMILES string of the molecule is CCC(O)CNCc1cc(C)no1. The maximum atomic E-state index is 9.23. The Labute approximate surface area is 77.9 Å². The molecule has 13 heavy (non-hydrogen) atoms. The fourth-order valence-corrected chi connectivity index (χ4v) is 1.01. The molecule has 0 saturated carbocycles. The summed E-state index contributed by atoms with van der Waals surface area (Å²) in [5.74, 6) is 0.806. The van der Waals surface area contributed by atoms with Crippen molar-refractivity contribution in [2.24, 2.45) is 0 Å². The lowest BCUT2D eigenvalue weighted by Crippen LogP contribution is -2.25. The first kappa shape index (κ1) is 10.2. The smallest absolute Gasteiger partial charge is 0.150 e. The first-order valence-corrected chi connectivity index (χ1v) is 4.53. The highest BCUT2D eigenvalue weighted by Gasteiger charge is 2.02. The van der Waals surface area contributed by atoms with Crippen LogP contribution in [-0.2, 0) is 6.54 Å². The van der Waals surface area contributed by atoms with Crippen LogP contribution in [0.25, 0.3) is 0 Å². The molecule has 74 valence electrons. The zero-order chi connectivity index (χ0) is 9.68. The minimum atomic E-state index is -0.274. The molecule has 0 saturated heterocycles. The van der Waals surface area contributed by atoms with E-state index in [1.165, 1.54) is 0 Å². The molecule has 0 bridgehead atoms. The van der Waals surface area contributed by atoms with Gasteiger partial charge in [0.15, 0.2) is 5.76 Å². The molecule has 1 rings (SSSR count). The third kappa shape index (κ3) is 3.57. The summed E-state index contributed by atoms with van der Waals surface area (Å²) in [6, 6.07) is 1.88. The van der Waals surface area contributed by atoms with Gasteiger partial charge in [-0.3, -0.25) is 0 Å². The molecule has 0 radical (unpaired) electrons. The Kier molecular flexibility index (Phi) is 3.92. The summed E-state index contributed by atoms with van der Waals surface area (Å²) in [5.41, 5.74) is 0.882. The van der Waals surface area contributed by atoms with E-state index in [0.29, 0.717) is 13.1 Å². The summed E-state index contributed by atoms with van der Waals surface area (Å²) in [7, 11) is 0. The van der Waals surface area contributed by atoms with Gasteiger partial charge in [-0.05, 0) is 13.3 Å². The molecule has 1 atom stereocenters. The normalized spacial score (nSPS) is 13.2. The van der Waals surface area contributed by atoms with E-state index in [-0.39, 0.29) is 6.10 Å². The Morgan fingerprint density at radius 3 is 3.00 bits per heavy atom. The van der Waals surface area contributed by atoms with E-state index in [0.717, 1.165) is 17.9 Å². The van der Waals surface area contributed by atoms with Crippen molar-refractivity contribution in [3.05, 3.63) is 17.5 Å². The highest BCUT2D eigenvalue weighted by atomic mass is 16.5. The predicted molar refractivity (Wildman–Crippen MR) is 49.2 cm³/mol. The number of hydrogen-bond acceptors (Lipinski definition) is 4. The average Bonchev–Trinajstić information content (AvgIpc) is 2.51. The van der Waals surface area contributed by atoms with Gasteiger partial charge in [-0.25, -0.2) is 0 Å². The van der Waals surface area contributed by atoms with E-state index in [4.69, 9.17) is 4.52 Å². The number of aryl methyl sites for hydroxylation is 1. The molecule has 1 heterocycles. The lowest BCUT2D eigenvalue weighted by Gasteiger charge is -2.06. The summed E-state index contributed by atoms with van der Waals surface area (Å²) in [5, 5.41) is 16.1. The van der Waals surface area contributed by atoms with Crippen LogP contribution in [0.2, 0.25) is 0 Å². The molecule has 0 aliphatic carbocycles. The Morgan fingerprint density at radius 1 is 1.69 bits per heavy atom. The average molecular weight is 184 g/mol. The first-order valence-electron chi connectivity index (χ1n) is 4.53. The lowest BCUT2D eigenvalue weighted by atomic mass is 10.3. The Bertz CT molecular complexity index is 248. The van der Waals surface area contributed by atoms with Gasteiger partial charge in [-0.15, -0.1) is 0 Å². The van der Waals surface area contributed by atoms with E-state index in [1.54, 1.807) is 0 Å². The van der Waals surface area contributed by atoms with Crippen LogP contribution < -0.4 is 5.32 Å². The number of aliphatic hydroxyl groups is 1. The third-order valence-corrected chi connectivity index (χ3v) is 1.83. The molecule has 0 aliphatic rings. The molecule has 1 unspecified atom stereocenters. The van der Waals surface area contributed by atoms with Crippen molar-refractivity contribution in [1.29, 1.82) is 0 Å². The molecule has 0 amide bonds. The van der Waals surface area contributed by atoms with Crippen molar-refractivity contribution in [2.75, 3.05) is 6.54 Å². The summed E-state index contributed by atoms with van der Waals surface area (Å²) in [4.78, 5) is 0. The van der Waals surface area contributed by atoms with Crippen LogP contribution in [0.4, 0.5) is 0 Å². The van der Waals surface area contributed by atoms with Gasteiger partial charge in [0.2, 0.25) is 0 Å². The fraction of sp³-hybridized carbons (Fsp3) is 0.667. The number of nitrogens with zero attached hydrogens (tertiary/aromatic N) is 1. The van der Waals surface area contributed by atoms with Crippen molar-refractivity contribution < 1.29 is 9.63 Å². The Hall–Kier alpha value is -0.870. The summed E-state index contributed by atoms with van der Waals surface area (Å²) in [6.07, 6.45) is 0.492. The molecule has 0 spiro atoms. The van der Waals surface area contributed by atoms with Gasteiger partial charge in [0.1, 0.15) is 0 Å². The van der Waals surface area contributed by atoms with E-state index in [1.807, 2.05) is 19.9 Å². The highest BCUT2D eigenvalue weighted by molar-refractivity contribution is 5.02. The number of nitrogens with one attached hydrogen (secondary N) is 1. The molecule has 0 aromatic carbocycles. The maximum absolute atomic E-state index is 9.23. The molecule has 2 N–H and O–H groups in total. The van der Waals surface area contributed by atoms with Crippen LogP contribution in [0.5, 0.6) is 0 Å². The molecule has 0 fully saturated rings. The molecule has 1 aromatic heterocycles. The van der Waals surface area contributed by atoms with Gasteiger partial charge < -0.3 is 14.9 Å². The molecule has 1 aromatic rings. The van der Waals surface area contributed by atoms with Crippen molar-refractivity contribution in [1.82, 2.24) is 10.5 Å². The van der Waals surface area contributed by atoms with Crippen LogP contribution in [0.1, 0.15) is 24.8 Å². The maximum Gasteiger partial charge on any atom is 0.150 e. The molecular weight excluding hydrogens is 168 g/mol. The second-order valence-electron chi connectivity index (χ2n) is 3.13. The van der Waals surface area contributed by atoms with Gasteiger partial charge >= 0.3 is 0 Å². The first-order chi connectivity index (χ1) is 6.22. The third-order valence-electron chi connectivity index (χ3n) is 1.83. The molecule has 4 heteroatoms. The monoisotopic (exact) mass is 184 g/mol. The second kappa shape index (κ2) is 4.99. The van der Waals surface area contributed by atoms with Crippen molar-refractivity contribution in [3.8, 4) is 0 Å². The van der Waals surface area contributed by atoms with Gasteiger partial charge in [-0.1, -0.05) is 12.1 Å². The zero-order valence-corrected chi connectivity index (χ0v) is 8.08. The summed E-state index contributed by atoms with van der Waals surface area (Å²) < 4.78 is 4.99. The minimum Gasteiger partial charge on any atom is -0.392 e. The van der Waals surface area contributed by atoms with Crippen LogP contribution in [-0.4, -0.2) is 22.9 Å². The van der Waals surface area contributed by atoms with E-state index in [9.17, 15) is 5.11 Å². The lowest BCUT2D eigenvalue weighted by molar-refractivity contribution is 0.166. The predicted octanol–water partition coefficient (Wildman–Crippen LogP) is 0.844. The quantitative estimate of drug-likeness (QED) is 0.712. The van der Waals surface area contributed by atoms with Gasteiger partial charge in [0.25, 0.3) is 0 Å². The van der Waals surface area contributed by atoms with Gasteiger partial charge in [0, 0.05) is 12.6 Å². The van der Waals surface area contributed by atoms with Crippen molar-refractivity contribution in [2.45, 2.75) is 32.9 Å². The van der Waals surface area contributed by atoms with Crippen LogP contribution in [0.3, 0.4) is 0 Å². The highest BCUT2D eigenvalue weighted by Crippen LogP contribution is 2.01. The van der Waals surface area contributed by atoms with Crippen molar-refractivity contribution >= 4 is 0 Å². The largest absolute Gasteiger partial charge is 0.392 e. The Balaban J connectivity index is 2.20. The van der Waals surface area contributed by atoms with Crippen LogP contribution >= 0.6 is 0 Å². The fourth-order valence-electron chi connectivity index (χ4n) is 1.01. The number of hydrogen-bond donors (Lipinski definition) is 2. The number of rotatable bonds is 5. The second-order valence-corrected chi connectivity index (χ2v) is 3.13. The van der Waals surface area contributed by atoms with E-state index >= 15 is 0 Å². The number of aliphatic hydroxyl groups excluding tert-OH is 1. The van der Waals surface area contributed by atoms with E-state index in [2.05, 4.69) is 10.5 Å². The summed E-state index contributed by atoms with van der Waals surface area (Å²) in [6.45, 7) is 5.05. The zero-order valence-electron chi connectivity index (χ0n) is 8.08. The molecule has 0 aliphatic heterocycles. The minimum absolute atomic E-state index is 0.274. The molecule has 4 nitrogen and oxygen atoms in total. The topological polar surface area (TPSA) is 58.3 Å². The van der Waals surface area contributed by atoms with Crippen LogP contribution in [0.15, 0.2) is 10.6 Å². The Morgan fingerprint density at radius 2 is 2.46 bits per heavy atom. The van der Waals surface area contributed by atoms with Crippen LogP contribution in [0, 0.1) is 6.92 Å². The van der Waals surface area contributed by atoms with Gasteiger partial charge in [0.05, 0.1) is 18.3 Å².